The number of alkyl halides is 3. The maximum atomic E-state index is 13.0. The topological polar surface area (TPSA) is 45.5 Å². The summed E-state index contributed by atoms with van der Waals surface area (Å²) in [6, 6.07) is 9.64. The maximum absolute atomic E-state index is 13.0. The van der Waals surface area contributed by atoms with Crippen LogP contribution >= 0.6 is 24.0 Å². The molecule has 1 heterocycles. The van der Waals surface area contributed by atoms with Gasteiger partial charge in [-0.05, 0) is 5.56 Å². The first kappa shape index (κ1) is 21.3. The molecule has 2 aromatic rings. The summed E-state index contributed by atoms with van der Waals surface area (Å²) in [6.07, 6.45) is -3.11. The number of benzene rings is 1. The molecule has 0 bridgehead atoms. The van der Waals surface area contributed by atoms with Crippen LogP contribution in [0, 0.1) is 0 Å². The van der Waals surface area contributed by atoms with Gasteiger partial charge in [-0.15, -0.1) is 24.0 Å². The molecule has 0 amide bonds. The highest BCUT2D eigenvalue weighted by molar-refractivity contribution is 14.0. The van der Waals surface area contributed by atoms with Crippen LogP contribution in [-0.2, 0) is 26.3 Å². The van der Waals surface area contributed by atoms with Gasteiger partial charge in [0.1, 0.15) is 0 Å². The summed E-state index contributed by atoms with van der Waals surface area (Å²) in [7, 11) is 5.03. The Bertz CT molecular complexity index is 696. The number of rotatable bonds is 4. The summed E-state index contributed by atoms with van der Waals surface area (Å²) < 4.78 is 40.1. The number of nitrogens with zero attached hydrogens (tertiary/aromatic N) is 4. The Hall–Kier alpha value is -1.78. The van der Waals surface area contributed by atoms with E-state index >= 15 is 0 Å². The Morgan fingerprint density at radius 3 is 2.44 bits per heavy atom. The average Bonchev–Trinajstić information content (AvgIpc) is 2.89. The van der Waals surface area contributed by atoms with E-state index < -0.39 is 11.9 Å². The minimum atomic E-state index is -4.47. The highest BCUT2D eigenvalue weighted by Crippen LogP contribution is 2.30. The summed E-state index contributed by atoms with van der Waals surface area (Å²) in [5.41, 5.74) is 0.230. The molecule has 0 fully saturated rings. The lowest BCUT2D eigenvalue weighted by molar-refractivity contribution is -0.142. The Kier molecular flexibility index (Phi) is 7.71. The predicted octanol–water partition coefficient (Wildman–Crippen LogP) is 3.26. The number of aliphatic imine (C=N–C) groups is 1. The van der Waals surface area contributed by atoms with Crippen LogP contribution in [-0.4, -0.2) is 34.7 Å². The second kappa shape index (κ2) is 9.07. The van der Waals surface area contributed by atoms with E-state index in [9.17, 15) is 13.2 Å². The van der Waals surface area contributed by atoms with Crippen molar-refractivity contribution in [1.82, 2.24) is 20.0 Å². The molecular weight excluding hydrogens is 446 g/mol. The second-order valence-corrected chi connectivity index (χ2v) is 5.55. The van der Waals surface area contributed by atoms with Gasteiger partial charge in [0.05, 0.1) is 6.54 Å². The molecule has 138 valence electrons. The maximum Gasteiger partial charge on any atom is 0.435 e. The van der Waals surface area contributed by atoms with Gasteiger partial charge in [0.2, 0.25) is 0 Å². The number of hydrogen-bond donors (Lipinski definition) is 1. The largest absolute Gasteiger partial charge is 0.435 e. The summed E-state index contributed by atoms with van der Waals surface area (Å²) in [4.78, 5) is 6.16. The van der Waals surface area contributed by atoms with Crippen molar-refractivity contribution in [2.24, 2.45) is 12.0 Å². The zero-order valence-electron chi connectivity index (χ0n) is 14.2. The van der Waals surface area contributed by atoms with E-state index in [1.54, 1.807) is 19.0 Å². The first-order valence-electron chi connectivity index (χ1n) is 7.36. The normalized spacial score (nSPS) is 11.8. The van der Waals surface area contributed by atoms with E-state index in [1.807, 2.05) is 30.3 Å². The zero-order chi connectivity index (χ0) is 17.7. The van der Waals surface area contributed by atoms with Gasteiger partial charge in [0.25, 0.3) is 0 Å². The zero-order valence-corrected chi connectivity index (χ0v) is 16.5. The van der Waals surface area contributed by atoms with Crippen LogP contribution in [0.1, 0.15) is 16.8 Å². The van der Waals surface area contributed by atoms with Crippen LogP contribution in [0.5, 0.6) is 0 Å². The molecule has 0 unspecified atom stereocenters. The third-order valence-corrected chi connectivity index (χ3v) is 3.29. The van der Waals surface area contributed by atoms with E-state index in [0.717, 1.165) is 10.2 Å². The third kappa shape index (κ3) is 6.22. The molecule has 0 aliphatic heterocycles. The van der Waals surface area contributed by atoms with Crippen molar-refractivity contribution in [2.75, 3.05) is 14.1 Å². The van der Waals surface area contributed by atoms with Crippen LogP contribution in [0.15, 0.2) is 41.5 Å². The van der Waals surface area contributed by atoms with Crippen LogP contribution in [0.4, 0.5) is 13.2 Å². The van der Waals surface area contributed by atoms with Gasteiger partial charge in [-0.2, -0.15) is 18.3 Å². The molecule has 0 saturated carbocycles. The van der Waals surface area contributed by atoms with Gasteiger partial charge in [-0.3, -0.25) is 4.68 Å². The molecule has 9 heteroatoms. The smallest absolute Gasteiger partial charge is 0.352 e. The van der Waals surface area contributed by atoms with Crippen LogP contribution in [0.2, 0.25) is 0 Å². The van der Waals surface area contributed by atoms with E-state index in [4.69, 9.17) is 0 Å². The standard InChI is InChI=1S/C16H20F3N5.HI/c1-23(2)15(20-9-12-7-5-4-6-8-12)21-10-13-11-24(3)22-14(13)16(17,18)19;/h4-8,11H,9-10H2,1-3H3,(H,20,21);1H. The molecule has 5 nitrogen and oxygen atoms in total. The van der Waals surface area contributed by atoms with E-state index in [0.29, 0.717) is 12.5 Å². The van der Waals surface area contributed by atoms with Gasteiger partial charge >= 0.3 is 6.18 Å². The van der Waals surface area contributed by atoms with E-state index in [-0.39, 0.29) is 36.1 Å². The minimum Gasteiger partial charge on any atom is -0.352 e. The number of aromatic nitrogens is 2. The highest BCUT2D eigenvalue weighted by Gasteiger charge is 2.36. The van der Waals surface area contributed by atoms with Crippen LogP contribution < -0.4 is 5.32 Å². The number of nitrogens with one attached hydrogen (secondary N) is 1. The van der Waals surface area contributed by atoms with E-state index in [1.165, 1.54) is 13.2 Å². The van der Waals surface area contributed by atoms with Gasteiger partial charge in [-0.25, -0.2) is 4.99 Å². The summed E-state index contributed by atoms with van der Waals surface area (Å²) in [5, 5.41) is 6.45. The van der Waals surface area contributed by atoms with Gasteiger partial charge in [0, 0.05) is 39.4 Å². The molecule has 0 spiro atoms. The van der Waals surface area contributed by atoms with Crippen LogP contribution in [0.3, 0.4) is 0 Å². The molecule has 1 aromatic heterocycles. The van der Waals surface area contributed by atoms with Crippen molar-refractivity contribution in [3.8, 4) is 0 Å². The minimum absolute atomic E-state index is 0. The Morgan fingerprint density at radius 1 is 1.24 bits per heavy atom. The lowest BCUT2D eigenvalue weighted by Crippen LogP contribution is -2.36. The molecule has 0 aliphatic rings. The predicted molar refractivity (Wildman–Crippen MR) is 102 cm³/mol. The van der Waals surface area contributed by atoms with Crippen molar-refractivity contribution in [3.05, 3.63) is 53.3 Å². The van der Waals surface area contributed by atoms with Crippen molar-refractivity contribution in [2.45, 2.75) is 19.3 Å². The number of guanidine groups is 1. The number of aryl methyl sites for hydroxylation is 1. The van der Waals surface area contributed by atoms with Crippen molar-refractivity contribution in [3.63, 3.8) is 0 Å². The first-order chi connectivity index (χ1) is 11.3. The third-order valence-electron chi connectivity index (χ3n) is 3.29. The van der Waals surface area contributed by atoms with Gasteiger partial charge in [-0.1, -0.05) is 30.3 Å². The van der Waals surface area contributed by atoms with Crippen LogP contribution in [0.25, 0.3) is 0 Å². The fourth-order valence-corrected chi connectivity index (χ4v) is 2.18. The van der Waals surface area contributed by atoms with Crippen molar-refractivity contribution in [1.29, 1.82) is 0 Å². The van der Waals surface area contributed by atoms with E-state index in [2.05, 4.69) is 15.4 Å². The number of hydrogen-bond acceptors (Lipinski definition) is 2. The van der Waals surface area contributed by atoms with Gasteiger partial charge in [0.15, 0.2) is 11.7 Å². The lowest BCUT2D eigenvalue weighted by Gasteiger charge is -2.18. The summed E-state index contributed by atoms with van der Waals surface area (Å²) in [6.45, 7) is 0.439. The molecule has 25 heavy (non-hydrogen) atoms. The van der Waals surface area contributed by atoms with Crippen molar-refractivity contribution >= 4 is 29.9 Å². The Labute approximate surface area is 161 Å². The SMILES string of the molecule is CN(C)C(=NCc1ccccc1)NCc1cn(C)nc1C(F)(F)F.I. The molecule has 2 rings (SSSR count). The van der Waals surface area contributed by atoms with Crippen molar-refractivity contribution < 1.29 is 13.2 Å². The average molecular weight is 467 g/mol. The second-order valence-electron chi connectivity index (χ2n) is 5.55. The molecule has 1 N–H and O–H groups in total. The fraction of sp³-hybridized carbons (Fsp3) is 0.375. The molecule has 1 aromatic carbocycles. The molecule has 0 saturated heterocycles. The summed E-state index contributed by atoms with van der Waals surface area (Å²) in [5.74, 6) is 0.510. The Balaban J connectivity index is 0.00000312. The number of halogens is 4. The fourth-order valence-electron chi connectivity index (χ4n) is 2.18. The highest BCUT2D eigenvalue weighted by atomic mass is 127. The molecule has 0 aliphatic carbocycles. The molecule has 0 atom stereocenters. The van der Waals surface area contributed by atoms with Gasteiger partial charge < -0.3 is 10.2 Å². The molecule has 0 radical (unpaired) electrons. The quantitative estimate of drug-likeness (QED) is 0.427. The Morgan fingerprint density at radius 2 is 1.88 bits per heavy atom. The lowest BCUT2D eigenvalue weighted by atomic mass is 10.2. The molecular formula is C16H21F3IN5. The summed E-state index contributed by atoms with van der Waals surface area (Å²) >= 11 is 0. The monoisotopic (exact) mass is 467 g/mol. The first-order valence-corrected chi connectivity index (χ1v) is 7.36.